The van der Waals surface area contributed by atoms with Gasteiger partial charge in [0.15, 0.2) is 5.13 Å². The summed E-state index contributed by atoms with van der Waals surface area (Å²) >= 11 is 1.43. The van der Waals surface area contributed by atoms with Crippen LogP contribution in [0, 0.1) is 5.92 Å². The van der Waals surface area contributed by atoms with Gasteiger partial charge in [0.1, 0.15) is 0 Å². The number of nitrogens with zero attached hydrogens (tertiary/aromatic N) is 1. The maximum absolute atomic E-state index is 11.8. The van der Waals surface area contributed by atoms with Crippen molar-refractivity contribution in [2.45, 2.75) is 46.1 Å². The molecule has 0 spiro atoms. The van der Waals surface area contributed by atoms with Gasteiger partial charge in [-0.25, -0.2) is 9.78 Å². The molecule has 1 aromatic rings. The number of carbonyl (C=O) groups excluding carboxylic acids is 1. The van der Waals surface area contributed by atoms with Gasteiger partial charge >= 0.3 is 6.03 Å². The van der Waals surface area contributed by atoms with E-state index >= 15 is 0 Å². The third-order valence-electron chi connectivity index (χ3n) is 2.84. The minimum Gasteiger partial charge on any atom is -0.396 e. The molecule has 19 heavy (non-hydrogen) atoms. The molecule has 1 aromatic heterocycles. The fourth-order valence-corrected chi connectivity index (χ4v) is 2.49. The van der Waals surface area contributed by atoms with Crippen molar-refractivity contribution >= 4 is 22.5 Å². The second kappa shape index (κ2) is 8.12. The van der Waals surface area contributed by atoms with E-state index in [2.05, 4.69) is 22.5 Å². The molecule has 0 saturated carbocycles. The first-order valence-electron chi connectivity index (χ1n) is 6.69. The van der Waals surface area contributed by atoms with E-state index in [-0.39, 0.29) is 24.6 Å². The topological polar surface area (TPSA) is 74.2 Å². The molecule has 3 N–H and O–H groups in total. The van der Waals surface area contributed by atoms with Gasteiger partial charge in [-0.15, -0.1) is 11.3 Å². The van der Waals surface area contributed by atoms with Gasteiger partial charge in [0.2, 0.25) is 0 Å². The molecule has 0 aromatic carbocycles. The third kappa shape index (κ3) is 5.57. The average Bonchev–Trinajstić information content (AvgIpc) is 2.76. The molecule has 2 amide bonds. The summed E-state index contributed by atoms with van der Waals surface area (Å²) in [7, 11) is 0. The zero-order chi connectivity index (χ0) is 14.3. The molecule has 1 unspecified atom stereocenters. The number of rotatable bonds is 7. The largest absolute Gasteiger partial charge is 0.396 e. The molecular weight excluding hydrogens is 262 g/mol. The summed E-state index contributed by atoms with van der Waals surface area (Å²) in [6.07, 6.45) is 2.53. The van der Waals surface area contributed by atoms with Crippen LogP contribution in [-0.2, 0) is 6.42 Å². The van der Waals surface area contributed by atoms with E-state index in [1.165, 1.54) is 11.3 Å². The van der Waals surface area contributed by atoms with Crippen LogP contribution in [0.25, 0.3) is 0 Å². The number of carbonyl (C=O) groups is 1. The fraction of sp³-hybridized carbons (Fsp3) is 0.692. The monoisotopic (exact) mass is 285 g/mol. The highest BCUT2D eigenvalue weighted by atomic mass is 32.1. The van der Waals surface area contributed by atoms with E-state index < -0.39 is 0 Å². The van der Waals surface area contributed by atoms with Crippen LogP contribution in [0.1, 0.15) is 39.3 Å². The van der Waals surface area contributed by atoms with Crippen molar-refractivity contribution in [2.75, 3.05) is 11.9 Å². The Kier molecular flexibility index (Phi) is 6.80. The Balaban J connectivity index is 2.48. The van der Waals surface area contributed by atoms with Crippen molar-refractivity contribution in [1.29, 1.82) is 0 Å². The molecule has 5 nitrogen and oxygen atoms in total. The lowest BCUT2D eigenvalue weighted by atomic mass is 10.0. The van der Waals surface area contributed by atoms with E-state index in [0.717, 1.165) is 18.5 Å². The first kappa shape index (κ1) is 15.9. The number of thiazole rings is 1. The van der Waals surface area contributed by atoms with Crippen LogP contribution >= 0.6 is 11.3 Å². The molecular formula is C13H23N3O2S. The zero-order valence-corrected chi connectivity index (χ0v) is 12.6. The molecule has 0 aliphatic heterocycles. The van der Waals surface area contributed by atoms with Gasteiger partial charge in [-0.3, -0.25) is 5.32 Å². The van der Waals surface area contributed by atoms with Crippen molar-refractivity contribution in [3.05, 3.63) is 11.1 Å². The Morgan fingerprint density at radius 2 is 2.26 bits per heavy atom. The second-order valence-electron chi connectivity index (χ2n) is 4.86. The summed E-state index contributed by atoms with van der Waals surface area (Å²) in [5.41, 5.74) is 1.01. The molecule has 6 heteroatoms. The number of aromatic nitrogens is 1. The Labute approximate surface area is 118 Å². The Hall–Kier alpha value is -1.14. The minimum atomic E-state index is -0.260. The van der Waals surface area contributed by atoms with Crippen LogP contribution < -0.4 is 10.6 Å². The highest BCUT2D eigenvalue weighted by Gasteiger charge is 2.16. The van der Waals surface area contributed by atoms with Gasteiger partial charge in [-0.05, 0) is 18.8 Å². The molecule has 0 radical (unpaired) electrons. The highest BCUT2D eigenvalue weighted by Crippen LogP contribution is 2.16. The summed E-state index contributed by atoms with van der Waals surface area (Å²) in [6, 6.07) is -0.287. The Morgan fingerprint density at radius 3 is 2.84 bits per heavy atom. The lowest BCUT2D eigenvalue weighted by Crippen LogP contribution is -2.41. The Morgan fingerprint density at radius 1 is 1.53 bits per heavy atom. The summed E-state index contributed by atoms with van der Waals surface area (Å²) in [4.78, 5) is 16.2. The number of urea groups is 1. The number of hydrogen-bond acceptors (Lipinski definition) is 4. The van der Waals surface area contributed by atoms with Crippen LogP contribution in [0.15, 0.2) is 5.38 Å². The normalized spacial score (nSPS) is 12.5. The van der Waals surface area contributed by atoms with Crippen LogP contribution in [0.3, 0.4) is 0 Å². The molecule has 1 rings (SSSR count). The van der Waals surface area contributed by atoms with Crippen molar-refractivity contribution < 1.29 is 9.90 Å². The van der Waals surface area contributed by atoms with Gasteiger partial charge in [-0.2, -0.15) is 0 Å². The molecule has 0 bridgehead atoms. The van der Waals surface area contributed by atoms with Crippen molar-refractivity contribution in [3.8, 4) is 0 Å². The standard InChI is InChI=1S/C13H23N3O2S/c1-4-5-10-8-19-13(14-10)16-12(18)15-11(6-7-17)9(2)3/h8-9,11,17H,4-7H2,1-3H3,(H2,14,15,16,18). The SMILES string of the molecule is CCCc1csc(NC(=O)NC(CCO)C(C)C)n1. The summed E-state index contributed by atoms with van der Waals surface area (Å²) in [5.74, 6) is 0.282. The smallest absolute Gasteiger partial charge is 0.321 e. The lowest BCUT2D eigenvalue weighted by Gasteiger charge is -2.21. The Bertz CT molecular complexity index is 393. The van der Waals surface area contributed by atoms with E-state index in [0.29, 0.717) is 11.6 Å². The number of amides is 2. The molecule has 1 atom stereocenters. The highest BCUT2D eigenvalue weighted by molar-refractivity contribution is 7.13. The van der Waals surface area contributed by atoms with Gasteiger partial charge in [0, 0.05) is 18.0 Å². The molecule has 0 aliphatic rings. The quantitative estimate of drug-likeness (QED) is 0.721. The van der Waals surface area contributed by atoms with Crippen molar-refractivity contribution in [1.82, 2.24) is 10.3 Å². The third-order valence-corrected chi connectivity index (χ3v) is 3.65. The first-order valence-corrected chi connectivity index (χ1v) is 7.57. The summed E-state index contributed by atoms with van der Waals surface area (Å²) in [5, 5.41) is 17.2. The number of aliphatic hydroxyl groups is 1. The molecule has 0 saturated heterocycles. The first-order chi connectivity index (χ1) is 9.06. The van der Waals surface area contributed by atoms with Crippen LogP contribution in [0.2, 0.25) is 0 Å². The van der Waals surface area contributed by atoms with Crippen molar-refractivity contribution in [2.24, 2.45) is 5.92 Å². The lowest BCUT2D eigenvalue weighted by molar-refractivity contribution is 0.227. The molecule has 0 fully saturated rings. The molecule has 0 aliphatic carbocycles. The van der Waals surface area contributed by atoms with Gasteiger partial charge < -0.3 is 10.4 Å². The number of anilines is 1. The number of aryl methyl sites for hydroxylation is 1. The number of aliphatic hydroxyl groups excluding tert-OH is 1. The van der Waals surface area contributed by atoms with Crippen LogP contribution in [0.4, 0.5) is 9.93 Å². The van der Waals surface area contributed by atoms with E-state index in [1.54, 1.807) is 0 Å². The summed E-state index contributed by atoms with van der Waals surface area (Å²) in [6.45, 7) is 6.20. The fourth-order valence-electron chi connectivity index (χ4n) is 1.75. The van der Waals surface area contributed by atoms with E-state index in [1.807, 2.05) is 19.2 Å². The molecule has 108 valence electrons. The van der Waals surface area contributed by atoms with Crippen LogP contribution in [-0.4, -0.2) is 28.8 Å². The van der Waals surface area contributed by atoms with Gasteiger partial charge in [0.25, 0.3) is 0 Å². The predicted molar refractivity (Wildman–Crippen MR) is 78.6 cm³/mol. The maximum Gasteiger partial charge on any atom is 0.321 e. The average molecular weight is 285 g/mol. The van der Waals surface area contributed by atoms with Crippen LogP contribution in [0.5, 0.6) is 0 Å². The zero-order valence-electron chi connectivity index (χ0n) is 11.8. The van der Waals surface area contributed by atoms with Gasteiger partial charge in [-0.1, -0.05) is 27.2 Å². The van der Waals surface area contributed by atoms with Crippen molar-refractivity contribution in [3.63, 3.8) is 0 Å². The number of nitrogens with one attached hydrogen (secondary N) is 2. The summed E-state index contributed by atoms with van der Waals surface area (Å²) < 4.78 is 0. The molecule has 1 heterocycles. The van der Waals surface area contributed by atoms with Gasteiger partial charge in [0.05, 0.1) is 5.69 Å². The maximum atomic E-state index is 11.8. The second-order valence-corrected chi connectivity index (χ2v) is 5.71. The number of hydrogen-bond donors (Lipinski definition) is 3. The predicted octanol–water partition coefficient (Wildman–Crippen LogP) is 2.62. The minimum absolute atomic E-state index is 0.0277. The van der Waals surface area contributed by atoms with E-state index in [9.17, 15) is 4.79 Å². The van der Waals surface area contributed by atoms with E-state index in [4.69, 9.17) is 5.11 Å².